The molecule has 1 fully saturated rings. The van der Waals surface area contributed by atoms with Gasteiger partial charge in [-0.15, -0.1) is 0 Å². The van der Waals surface area contributed by atoms with Crippen LogP contribution in [0.2, 0.25) is 0 Å². The van der Waals surface area contributed by atoms with Crippen molar-refractivity contribution in [2.75, 3.05) is 20.1 Å². The molecule has 1 aromatic rings. The van der Waals surface area contributed by atoms with Crippen LogP contribution < -0.4 is 10.6 Å². The predicted octanol–water partition coefficient (Wildman–Crippen LogP) is 1.19. The summed E-state index contributed by atoms with van der Waals surface area (Å²) in [4.78, 5) is 4.62. The maximum Gasteiger partial charge on any atom is 0.0579 e. The van der Waals surface area contributed by atoms with Crippen LogP contribution in [-0.2, 0) is 6.54 Å². The third-order valence-corrected chi connectivity index (χ3v) is 2.99. The Balaban J connectivity index is 2.27. The molecule has 0 radical (unpaired) electrons. The highest BCUT2D eigenvalue weighted by Crippen LogP contribution is 2.24. The van der Waals surface area contributed by atoms with Gasteiger partial charge in [-0.3, -0.25) is 4.98 Å². The lowest BCUT2D eigenvalue weighted by molar-refractivity contribution is 0.708. The van der Waals surface area contributed by atoms with E-state index in [9.17, 15) is 0 Å². The van der Waals surface area contributed by atoms with Crippen LogP contribution in [0.5, 0.6) is 0 Å². The molecule has 0 aliphatic carbocycles. The van der Waals surface area contributed by atoms with Gasteiger partial charge in [-0.1, -0.05) is 6.07 Å². The topological polar surface area (TPSA) is 37.0 Å². The van der Waals surface area contributed by atoms with E-state index < -0.39 is 0 Å². The van der Waals surface area contributed by atoms with Crippen LogP contribution in [0.3, 0.4) is 0 Å². The molecule has 0 aromatic carbocycles. The van der Waals surface area contributed by atoms with Crippen LogP contribution >= 0.6 is 0 Å². The molecular weight excluding hydrogens is 186 g/mol. The Kier molecular flexibility index (Phi) is 3.34. The Morgan fingerprint density at radius 2 is 2.40 bits per heavy atom. The maximum atomic E-state index is 4.62. The van der Waals surface area contributed by atoms with E-state index in [2.05, 4.69) is 34.7 Å². The van der Waals surface area contributed by atoms with Crippen molar-refractivity contribution in [3.8, 4) is 0 Å². The van der Waals surface area contributed by atoms with E-state index in [-0.39, 0.29) is 0 Å². The standard InChI is InChI=1S/C12H19N3/c1-9-3-4-11(10-5-6-14-7-10)12(15-9)8-13-2/h3-4,10,13-14H,5-8H2,1-2H3/t10-/m0/s1. The molecule has 2 N–H and O–H groups in total. The summed E-state index contributed by atoms with van der Waals surface area (Å²) in [5.41, 5.74) is 3.74. The molecule has 1 aliphatic heterocycles. The van der Waals surface area contributed by atoms with Crippen molar-refractivity contribution in [2.24, 2.45) is 0 Å². The van der Waals surface area contributed by atoms with E-state index in [0.717, 1.165) is 25.3 Å². The first-order chi connectivity index (χ1) is 7.31. The quantitative estimate of drug-likeness (QED) is 0.778. The summed E-state index contributed by atoms with van der Waals surface area (Å²) in [5.74, 6) is 0.654. The first-order valence-corrected chi connectivity index (χ1v) is 5.63. The van der Waals surface area contributed by atoms with Crippen molar-refractivity contribution in [2.45, 2.75) is 25.8 Å². The monoisotopic (exact) mass is 205 g/mol. The first-order valence-electron chi connectivity index (χ1n) is 5.63. The lowest BCUT2D eigenvalue weighted by Gasteiger charge is -2.14. The van der Waals surface area contributed by atoms with E-state index in [4.69, 9.17) is 0 Å². The maximum absolute atomic E-state index is 4.62. The molecule has 1 atom stereocenters. The zero-order valence-corrected chi connectivity index (χ0v) is 9.51. The third-order valence-electron chi connectivity index (χ3n) is 2.99. The zero-order valence-electron chi connectivity index (χ0n) is 9.51. The van der Waals surface area contributed by atoms with Crippen LogP contribution in [0.25, 0.3) is 0 Å². The largest absolute Gasteiger partial charge is 0.316 e. The lowest BCUT2D eigenvalue weighted by Crippen LogP contribution is -2.14. The van der Waals surface area contributed by atoms with Gasteiger partial charge >= 0.3 is 0 Å². The van der Waals surface area contributed by atoms with Crippen molar-refractivity contribution < 1.29 is 0 Å². The van der Waals surface area contributed by atoms with E-state index in [1.807, 2.05) is 7.05 Å². The SMILES string of the molecule is CNCc1nc(C)ccc1[C@H]1CCNC1. The molecule has 2 heterocycles. The normalized spacial score (nSPS) is 20.8. The fourth-order valence-corrected chi connectivity index (χ4v) is 2.22. The van der Waals surface area contributed by atoms with Gasteiger partial charge in [0.25, 0.3) is 0 Å². The molecule has 3 nitrogen and oxygen atoms in total. The molecule has 0 saturated carbocycles. The molecule has 0 amide bonds. The third kappa shape index (κ3) is 2.36. The van der Waals surface area contributed by atoms with Gasteiger partial charge < -0.3 is 10.6 Å². The average Bonchev–Trinajstić information content (AvgIpc) is 2.71. The summed E-state index contributed by atoms with van der Waals surface area (Å²) in [6, 6.07) is 4.36. The second-order valence-electron chi connectivity index (χ2n) is 4.21. The minimum Gasteiger partial charge on any atom is -0.316 e. The molecule has 1 aliphatic rings. The Bertz CT molecular complexity index is 330. The highest BCUT2D eigenvalue weighted by Gasteiger charge is 2.19. The van der Waals surface area contributed by atoms with Crippen molar-refractivity contribution in [1.29, 1.82) is 0 Å². The smallest absolute Gasteiger partial charge is 0.0579 e. The van der Waals surface area contributed by atoms with Crippen LogP contribution in [0, 0.1) is 6.92 Å². The molecule has 0 spiro atoms. The van der Waals surface area contributed by atoms with E-state index in [0.29, 0.717) is 5.92 Å². The summed E-state index contributed by atoms with van der Waals surface area (Å²) in [5, 5.41) is 6.60. The highest BCUT2D eigenvalue weighted by atomic mass is 14.9. The summed E-state index contributed by atoms with van der Waals surface area (Å²) in [6.45, 7) is 5.16. The summed E-state index contributed by atoms with van der Waals surface area (Å²) in [7, 11) is 1.97. The van der Waals surface area contributed by atoms with E-state index >= 15 is 0 Å². The van der Waals surface area contributed by atoms with Crippen LogP contribution in [-0.4, -0.2) is 25.1 Å². The highest BCUT2D eigenvalue weighted by molar-refractivity contribution is 5.27. The number of rotatable bonds is 3. The van der Waals surface area contributed by atoms with Gasteiger partial charge in [-0.25, -0.2) is 0 Å². The Labute approximate surface area is 91.3 Å². The van der Waals surface area contributed by atoms with Crippen LogP contribution in [0.1, 0.15) is 29.3 Å². The fourth-order valence-electron chi connectivity index (χ4n) is 2.22. The Morgan fingerprint density at radius 3 is 3.07 bits per heavy atom. The summed E-state index contributed by atoms with van der Waals surface area (Å²) < 4.78 is 0. The van der Waals surface area contributed by atoms with Crippen molar-refractivity contribution in [3.05, 3.63) is 29.1 Å². The van der Waals surface area contributed by atoms with Crippen LogP contribution in [0.4, 0.5) is 0 Å². The number of aryl methyl sites for hydroxylation is 1. The first kappa shape index (κ1) is 10.6. The minimum atomic E-state index is 0.654. The predicted molar refractivity (Wildman–Crippen MR) is 62.0 cm³/mol. The van der Waals surface area contributed by atoms with Gasteiger partial charge in [-0.05, 0) is 44.5 Å². The van der Waals surface area contributed by atoms with E-state index in [1.54, 1.807) is 0 Å². The number of hydrogen-bond donors (Lipinski definition) is 2. The van der Waals surface area contributed by atoms with Gasteiger partial charge in [0.1, 0.15) is 0 Å². The fraction of sp³-hybridized carbons (Fsp3) is 0.583. The molecule has 82 valence electrons. The molecule has 0 bridgehead atoms. The minimum absolute atomic E-state index is 0.654. The van der Waals surface area contributed by atoms with Crippen molar-refractivity contribution in [3.63, 3.8) is 0 Å². The number of aromatic nitrogens is 1. The number of pyridine rings is 1. The van der Waals surface area contributed by atoms with Gasteiger partial charge in [0, 0.05) is 18.8 Å². The van der Waals surface area contributed by atoms with Gasteiger partial charge in [-0.2, -0.15) is 0 Å². The second kappa shape index (κ2) is 4.73. The van der Waals surface area contributed by atoms with Crippen LogP contribution in [0.15, 0.2) is 12.1 Å². The average molecular weight is 205 g/mol. The number of nitrogens with zero attached hydrogens (tertiary/aromatic N) is 1. The molecule has 1 aromatic heterocycles. The lowest BCUT2D eigenvalue weighted by atomic mass is 9.96. The van der Waals surface area contributed by atoms with E-state index in [1.165, 1.54) is 17.7 Å². The molecule has 0 unspecified atom stereocenters. The Hall–Kier alpha value is -0.930. The number of nitrogens with one attached hydrogen (secondary N) is 2. The van der Waals surface area contributed by atoms with Gasteiger partial charge in [0.05, 0.1) is 5.69 Å². The van der Waals surface area contributed by atoms with Crippen molar-refractivity contribution >= 4 is 0 Å². The molecular formula is C12H19N3. The molecule has 15 heavy (non-hydrogen) atoms. The van der Waals surface area contributed by atoms with Gasteiger partial charge in [0.2, 0.25) is 0 Å². The van der Waals surface area contributed by atoms with Gasteiger partial charge in [0.15, 0.2) is 0 Å². The molecule has 1 saturated heterocycles. The second-order valence-corrected chi connectivity index (χ2v) is 4.21. The zero-order chi connectivity index (χ0) is 10.7. The molecule has 3 heteroatoms. The molecule has 2 rings (SSSR count). The Morgan fingerprint density at radius 1 is 1.53 bits per heavy atom. The summed E-state index contributed by atoms with van der Waals surface area (Å²) in [6.07, 6.45) is 1.24. The number of hydrogen-bond acceptors (Lipinski definition) is 3. The summed E-state index contributed by atoms with van der Waals surface area (Å²) >= 11 is 0. The van der Waals surface area contributed by atoms with Crippen molar-refractivity contribution in [1.82, 2.24) is 15.6 Å².